The first kappa shape index (κ1) is 21.2. The summed E-state index contributed by atoms with van der Waals surface area (Å²) < 4.78 is 5.37. The van der Waals surface area contributed by atoms with E-state index in [2.05, 4.69) is 20.8 Å². The van der Waals surface area contributed by atoms with E-state index in [9.17, 15) is 0 Å². The zero-order chi connectivity index (χ0) is 13.0. The van der Waals surface area contributed by atoms with Gasteiger partial charge in [-0.3, -0.25) is 0 Å². The van der Waals surface area contributed by atoms with Crippen molar-refractivity contribution >= 4 is 7.26 Å². The Bertz CT molecular complexity index is 127. The van der Waals surface area contributed by atoms with E-state index in [0.29, 0.717) is 0 Å². The summed E-state index contributed by atoms with van der Waals surface area (Å²) in [7, 11) is 1.17. The van der Waals surface area contributed by atoms with Gasteiger partial charge in [-0.05, 0) is 19.3 Å². The van der Waals surface area contributed by atoms with Crippen molar-refractivity contribution < 1.29 is 21.7 Å². The first-order valence-corrected chi connectivity index (χ1v) is 10.1. The highest BCUT2D eigenvalue weighted by Crippen LogP contribution is 2.60. The fourth-order valence-electron chi connectivity index (χ4n) is 2.44. The van der Waals surface area contributed by atoms with Gasteiger partial charge in [-0.25, -0.2) is 0 Å². The minimum absolute atomic E-state index is 0. The van der Waals surface area contributed by atoms with Crippen molar-refractivity contribution in [3.05, 3.63) is 0 Å². The summed E-state index contributed by atoms with van der Waals surface area (Å²) in [5.74, 6) is 0. The lowest BCUT2D eigenvalue weighted by Crippen LogP contribution is -3.00. The van der Waals surface area contributed by atoms with Gasteiger partial charge in [-0.2, -0.15) is 0 Å². The molecule has 3 heteroatoms. The molecule has 0 N–H and O–H groups in total. The molecule has 0 aliphatic carbocycles. The lowest BCUT2D eigenvalue weighted by Gasteiger charge is -2.27. The third kappa shape index (κ3) is 9.75. The Hall–Kier alpha value is 0.870. The maximum Gasteiger partial charge on any atom is 0.0828 e. The summed E-state index contributed by atoms with van der Waals surface area (Å²) in [6.45, 7) is 7.96. The first-order valence-electron chi connectivity index (χ1n) is 7.58. The van der Waals surface area contributed by atoms with E-state index < -0.39 is 7.26 Å². The van der Waals surface area contributed by atoms with Crippen molar-refractivity contribution in [3.63, 3.8) is 0 Å². The van der Waals surface area contributed by atoms with Crippen molar-refractivity contribution in [1.82, 2.24) is 0 Å². The van der Waals surface area contributed by atoms with Gasteiger partial charge in [0.25, 0.3) is 0 Å². The zero-order valence-corrected chi connectivity index (χ0v) is 15.5. The maximum atomic E-state index is 5.37. The molecule has 0 aliphatic rings. The predicted molar refractivity (Wildman–Crippen MR) is 83.0 cm³/mol. The summed E-state index contributed by atoms with van der Waals surface area (Å²) in [6.07, 6.45) is 14.3. The average Bonchev–Trinajstić information content (AvgIpc) is 2.37. The number of hydrogen-bond donors (Lipinski definition) is 0. The van der Waals surface area contributed by atoms with Crippen molar-refractivity contribution in [2.45, 2.75) is 59.3 Å². The van der Waals surface area contributed by atoms with Crippen LogP contribution in [-0.4, -0.2) is 38.4 Å². The van der Waals surface area contributed by atoms with Crippen LogP contribution >= 0.6 is 7.26 Å². The number of hydrogen-bond acceptors (Lipinski definition) is 1. The molecule has 0 spiro atoms. The van der Waals surface area contributed by atoms with Crippen molar-refractivity contribution in [1.29, 1.82) is 0 Å². The van der Waals surface area contributed by atoms with Crippen LogP contribution < -0.4 is 17.0 Å². The molecule has 18 heavy (non-hydrogen) atoms. The fraction of sp³-hybridized carbons (Fsp3) is 1.00. The van der Waals surface area contributed by atoms with Gasteiger partial charge in [0.1, 0.15) is 0 Å². The van der Waals surface area contributed by atoms with E-state index in [0.717, 1.165) is 6.61 Å². The highest BCUT2D eigenvalue weighted by atomic mass is 79.9. The second-order valence-corrected chi connectivity index (χ2v) is 9.76. The zero-order valence-electron chi connectivity index (χ0n) is 13.0. The van der Waals surface area contributed by atoms with Gasteiger partial charge in [0.15, 0.2) is 0 Å². The minimum atomic E-state index is -0.687. The Labute approximate surface area is 127 Å². The summed E-state index contributed by atoms with van der Waals surface area (Å²) in [4.78, 5) is 0. The molecule has 0 aromatic carbocycles. The van der Waals surface area contributed by atoms with Crippen LogP contribution in [0.1, 0.15) is 59.3 Å². The third-order valence-electron chi connectivity index (χ3n) is 3.73. The fourth-order valence-corrected chi connectivity index (χ4v) is 7.31. The molecule has 0 aromatic rings. The molecule has 0 atom stereocenters. The van der Waals surface area contributed by atoms with E-state index in [-0.39, 0.29) is 17.0 Å². The van der Waals surface area contributed by atoms with E-state index in [1.807, 2.05) is 7.11 Å². The van der Waals surface area contributed by atoms with Gasteiger partial charge in [0, 0.05) is 14.4 Å². The van der Waals surface area contributed by atoms with Crippen LogP contribution in [0.15, 0.2) is 0 Å². The smallest absolute Gasteiger partial charge is 0.0828 e. The molecule has 0 rings (SSSR count). The van der Waals surface area contributed by atoms with Gasteiger partial charge in [0.2, 0.25) is 0 Å². The van der Waals surface area contributed by atoms with Crippen molar-refractivity contribution in [2.75, 3.05) is 38.4 Å². The van der Waals surface area contributed by atoms with Crippen LogP contribution in [-0.2, 0) is 4.74 Å². The van der Waals surface area contributed by atoms with Crippen LogP contribution in [0.4, 0.5) is 0 Å². The minimum Gasteiger partial charge on any atom is -1.00 e. The molecule has 112 valence electrons. The van der Waals surface area contributed by atoms with Crippen LogP contribution in [0.3, 0.4) is 0 Å². The van der Waals surface area contributed by atoms with Gasteiger partial charge in [0.05, 0.1) is 31.3 Å². The molecule has 0 aliphatic heterocycles. The van der Waals surface area contributed by atoms with Gasteiger partial charge >= 0.3 is 0 Å². The summed E-state index contributed by atoms with van der Waals surface area (Å²) in [5.41, 5.74) is 0. The number of unbranched alkanes of at least 4 members (excludes halogenated alkanes) is 3. The molecule has 1 nitrogen and oxygen atoms in total. The van der Waals surface area contributed by atoms with E-state index >= 15 is 0 Å². The third-order valence-corrected chi connectivity index (χ3v) is 8.65. The lowest BCUT2D eigenvalue weighted by molar-refractivity contribution is -0.00000438. The molecule has 0 heterocycles. The second-order valence-electron chi connectivity index (χ2n) is 5.29. The Kier molecular flexibility index (Phi) is 16.8. The molecule has 0 bridgehead atoms. The summed E-state index contributed by atoms with van der Waals surface area (Å²) in [5, 5.41) is 0. The topological polar surface area (TPSA) is 9.23 Å². The van der Waals surface area contributed by atoms with Gasteiger partial charge in [-0.15, -0.1) is 0 Å². The van der Waals surface area contributed by atoms with Crippen molar-refractivity contribution in [3.8, 4) is 0 Å². The normalized spacial score (nSPS) is 11.3. The highest BCUT2D eigenvalue weighted by molar-refractivity contribution is 7.75. The Morgan fingerprint density at radius 1 is 0.722 bits per heavy atom. The SMILES string of the molecule is CCCC[P+](CCCC)(CCCC)CCOC.[Br-]. The number of ether oxygens (including phenoxy) is 1. The van der Waals surface area contributed by atoms with Gasteiger partial charge < -0.3 is 21.7 Å². The molecule has 0 saturated carbocycles. The molecule has 0 unspecified atom stereocenters. The number of halogens is 1. The van der Waals surface area contributed by atoms with Crippen LogP contribution in [0, 0.1) is 0 Å². The van der Waals surface area contributed by atoms with E-state index in [1.165, 1.54) is 63.2 Å². The molecule has 0 saturated heterocycles. The van der Waals surface area contributed by atoms with Crippen molar-refractivity contribution in [2.24, 2.45) is 0 Å². The van der Waals surface area contributed by atoms with Crippen LogP contribution in [0.25, 0.3) is 0 Å². The molecule has 0 aromatic heterocycles. The van der Waals surface area contributed by atoms with Crippen LogP contribution in [0.2, 0.25) is 0 Å². The largest absolute Gasteiger partial charge is 1.00 e. The Balaban J connectivity index is 0. The second kappa shape index (κ2) is 14.3. The van der Waals surface area contributed by atoms with Gasteiger partial charge in [-0.1, -0.05) is 40.0 Å². The summed E-state index contributed by atoms with van der Waals surface area (Å²) in [6, 6.07) is 0. The average molecular weight is 341 g/mol. The Morgan fingerprint density at radius 3 is 1.39 bits per heavy atom. The number of rotatable bonds is 12. The molecule has 0 fully saturated rings. The number of methoxy groups -OCH3 is 1. The van der Waals surface area contributed by atoms with E-state index in [1.54, 1.807) is 0 Å². The predicted octanol–water partition coefficient (Wildman–Crippen LogP) is 2.05. The molecular formula is C15H34BrOP. The molecular weight excluding hydrogens is 307 g/mol. The Morgan fingerprint density at radius 2 is 1.11 bits per heavy atom. The highest BCUT2D eigenvalue weighted by Gasteiger charge is 2.34. The maximum absolute atomic E-state index is 5.37. The van der Waals surface area contributed by atoms with E-state index in [4.69, 9.17) is 4.74 Å². The summed E-state index contributed by atoms with van der Waals surface area (Å²) >= 11 is 0. The lowest BCUT2D eigenvalue weighted by atomic mass is 10.4. The quantitative estimate of drug-likeness (QED) is 0.494. The monoisotopic (exact) mass is 340 g/mol. The first-order chi connectivity index (χ1) is 8.24. The standard InChI is InChI=1S/C15H34OP.BrH/c1-5-8-12-17(13-9-6-2,14-10-7-3)15-11-16-4;/h5-15H2,1-4H3;1H/q+1;/p-1. The van der Waals surface area contributed by atoms with Crippen LogP contribution in [0.5, 0.6) is 0 Å². The molecule has 0 radical (unpaired) electrons. The molecule has 0 amide bonds.